The molecule has 0 atom stereocenters. The van der Waals surface area contributed by atoms with Gasteiger partial charge >= 0.3 is 5.69 Å². The first-order valence-corrected chi connectivity index (χ1v) is 7.58. The maximum Gasteiger partial charge on any atom is 0.311 e. The summed E-state index contributed by atoms with van der Waals surface area (Å²) >= 11 is 5.03. The van der Waals surface area contributed by atoms with Gasteiger partial charge in [0.15, 0.2) is 10.9 Å². The molecule has 0 saturated carbocycles. The average molecular weight is 377 g/mol. The van der Waals surface area contributed by atoms with E-state index in [4.69, 9.17) is 21.7 Å². The molecule has 0 aliphatic heterocycles. The number of amides is 1. The van der Waals surface area contributed by atoms with Crippen molar-refractivity contribution in [1.82, 2.24) is 5.32 Å². The largest absolute Gasteiger partial charge is 0.506 e. The van der Waals surface area contributed by atoms with Gasteiger partial charge in [0.05, 0.1) is 24.8 Å². The minimum atomic E-state index is -0.657. The van der Waals surface area contributed by atoms with Crippen LogP contribution in [0.3, 0.4) is 0 Å². The summed E-state index contributed by atoms with van der Waals surface area (Å²) in [5.41, 5.74) is -0.0867. The predicted molar refractivity (Wildman–Crippen MR) is 98.0 cm³/mol. The molecule has 0 aromatic heterocycles. The van der Waals surface area contributed by atoms with Gasteiger partial charge in [-0.3, -0.25) is 20.2 Å². The number of phenols is 1. The fourth-order valence-electron chi connectivity index (χ4n) is 2.04. The highest BCUT2D eigenvalue weighted by molar-refractivity contribution is 7.80. The first-order chi connectivity index (χ1) is 12.3. The van der Waals surface area contributed by atoms with Crippen LogP contribution in [0.1, 0.15) is 10.4 Å². The van der Waals surface area contributed by atoms with Crippen LogP contribution in [0.15, 0.2) is 36.4 Å². The molecule has 0 fully saturated rings. The second-order valence-electron chi connectivity index (χ2n) is 4.94. The van der Waals surface area contributed by atoms with E-state index < -0.39 is 10.8 Å². The van der Waals surface area contributed by atoms with E-state index >= 15 is 0 Å². The first-order valence-electron chi connectivity index (χ1n) is 7.17. The van der Waals surface area contributed by atoms with Crippen molar-refractivity contribution in [1.29, 1.82) is 0 Å². The van der Waals surface area contributed by atoms with Crippen LogP contribution in [0, 0.1) is 10.1 Å². The molecule has 10 heteroatoms. The number of nitro benzene ring substituents is 1. The van der Waals surface area contributed by atoms with Crippen molar-refractivity contribution in [2.45, 2.75) is 0 Å². The number of anilines is 1. The maximum atomic E-state index is 12.2. The maximum absolute atomic E-state index is 12.2. The van der Waals surface area contributed by atoms with Gasteiger partial charge < -0.3 is 19.9 Å². The van der Waals surface area contributed by atoms with Gasteiger partial charge in [-0.25, -0.2) is 0 Å². The monoisotopic (exact) mass is 377 g/mol. The number of nitro groups is 1. The number of methoxy groups -OCH3 is 2. The molecule has 0 spiro atoms. The lowest BCUT2D eigenvalue weighted by Crippen LogP contribution is -2.34. The summed E-state index contributed by atoms with van der Waals surface area (Å²) in [6.07, 6.45) is 0. The molecule has 0 aliphatic rings. The molecule has 2 aromatic carbocycles. The quantitative estimate of drug-likeness (QED) is 0.314. The Balaban J connectivity index is 2.13. The summed E-state index contributed by atoms with van der Waals surface area (Å²) in [4.78, 5) is 22.6. The molecular weight excluding hydrogens is 362 g/mol. The highest BCUT2D eigenvalue weighted by Gasteiger charge is 2.19. The number of phenolic OH excluding ortho intramolecular Hbond substituents is 1. The van der Waals surface area contributed by atoms with E-state index in [0.717, 1.165) is 6.07 Å². The molecule has 0 bridgehead atoms. The zero-order chi connectivity index (χ0) is 19.3. The Hall–Kier alpha value is -3.40. The number of thiocarbonyl (C=S) groups is 1. The molecule has 136 valence electrons. The summed E-state index contributed by atoms with van der Waals surface area (Å²) in [6, 6.07) is 8.22. The number of carbonyl (C=O) groups excluding carboxylic acids is 1. The molecule has 9 nitrogen and oxygen atoms in total. The number of nitrogens with one attached hydrogen (secondary N) is 2. The van der Waals surface area contributed by atoms with Crippen LogP contribution in [0.4, 0.5) is 11.4 Å². The van der Waals surface area contributed by atoms with Crippen LogP contribution < -0.4 is 20.1 Å². The molecule has 2 aromatic rings. The molecule has 0 unspecified atom stereocenters. The molecule has 26 heavy (non-hydrogen) atoms. The number of rotatable bonds is 5. The van der Waals surface area contributed by atoms with E-state index in [-0.39, 0.29) is 33.5 Å². The number of hydrogen-bond donors (Lipinski definition) is 3. The summed E-state index contributed by atoms with van der Waals surface area (Å²) < 4.78 is 9.93. The molecule has 0 heterocycles. The van der Waals surface area contributed by atoms with Crippen molar-refractivity contribution >= 4 is 34.6 Å². The number of hydrogen-bond acceptors (Lipinski definition) is 7. The van der Waals surface area contributed by atoms with E-state index in [0.29, 0.717) is 5.75 Å². The summed E-state index contributed by atoms with van der Waals surface area (Å²) in [7, 11) is 2.76. The minimum Gasteiger partial charge on any atom is -0.506 e. The normalized spacial score (nSPS) is 9.92. The van der Waals surface area contributed by atoms with Crippen LogP contribution >= 0.6 is 12.2 Å². The SMILES string of the molecule is COc1ccc(O)c(NC(=S)NC(=O)c2ccc(OC)c([N+](=O)[O-])c2)c1. The Kier molecular flexibility index (Phi) is 5.91. The van der Waals surface area contributed by atoms with Gasteiger partial charge in [-0.15, -0.1) is 0 Å². The van der Waals surface area contributed by atoms with Crippen LogP contribution in [0.5, 0.6) is 17.2 Å². The first kappa shape index (κ1) is 18.9. The molecule has 1 amide bonds. The van der Waals surface area contributed by atoms with Crippen LogP contribution in [0.2, 0.25) is 0 Å². The van der Waals surface area contributed by atoms with Gasteiger partial charge in [0.25, 0.3) is 5.91 Å². The molecular formula is C16H15N3O6S. The third kappa shape index (κ3) is 4.36. The molecule has 0 saturated heterocycles. The van der Waals surface area contributed by atoms with Gasteiger partial charge in [-0.05, 0) is 36.5 Å². The highest BCUT2D eigenvalue weighted by atomic mass is 32.1. The molecule has 3 N–H and O–H groups in total. The standard InChI is InChI=1S/C16H15N3O6S/c1-24-10-4-5-13(20)11(8-10)17-16(26)18-15(21)9-3-6-14(25-2)12(7-9)19(22)23/h3-8,20H,1-2H3,(H2,17,18,21,26). The van der Waals surface area contributed by atoms with Crippen LogP contribution in [0.25, 0.3) is 0 Å². The van der Waals surface area contributed by atoms with Crippen molar-refractivity contribution in [2.24, 2.45) is 0 Å². The predicted octanol–water partition coefficient (Wildman–Crippen LogP) is 2.44. The summed E-state index contributed by atoms with van der Waals surface area (Å²) in [5.74, 6) is -0.239. The second kappa shape index (κ2) is 8.12. The number of benzene rings is 2. The van der Waals surface area contributed by atoms with Crippen molar-refractivity contribution < 1.29 is 24.3 Å². The van der Waals surface area contributed by atoms with Crippen molar-refractivity contribution in [3.05, 3.63) is 52.1 Å². The average Bonchev–Trinajstić information content (AvgIpc) is 2.62. The Morgan fingerprint density at radius 3 is 2.54 bits per heavy atom. The zero-order valence-corrected chi connectivity index (χ0v) is 14.6. The van der Waals surface area contributed by atoms with Gasteiger partial charge in [-0.2, -0.15) is 0 Å². The van der Waals surface area contributed by atoms with Crippen molar-refractivity contribution in [3.8, 4) is 17.2 Å². The third-order valence-electron chi connectivity index (χ3n) is 3.32. The van der Waals surface area contributed by atoms with E-state index in [9.17, 15) is 20.0 Å². The fourth-order valence-corrected chi connectivity index (χ4v) is 2.25. The lowest BCUT2D eigenvalue weighted by Gasteiger charge is -2.12. The van der Waals surface area contributed by atoms with Gasteiger partial charge in [0.1, 0.15) is 11.5 Å². The summed E-state index contributed by atoms with van der Waals surface area (Å²) in [6.45, 7) is 0. The number of ether oxygens (including phenoxy) is 2. The lowest BCUT2D eigenvalue weighted by atomic mass is 10.1. The lowest BCUT2D eigenvalue weighted by molar-refractivity contribution is -0.385. The topological polar surface area (TPSA) is 123 Å². The molecule has 0 aliphatic carbocycles. The van der Waals surface area contributed by atoms with Gasteiger partial charge in [-0.1, -0.05) is 0 Å². The van der Waals surface area contributed by atoms with E-state index in [1.54, 1.807) is 6.07 Å². The molecule has 0 radical (unpaired) electrons. The van der Waals surface area contributed by atoms with E-state index in [1.807, 2.05) is 0 Å². The number of nitrogens with zero attached hydrogens (tertiary/aromatic N) is 1. The fraction of sp³-hybridized carbons (Fsp3) is 0.125. The summed E-state index contributed by atoms with van der Waals surface area (Å²) in [5, 5.41) is 25.8. The highest BCUT2D eigenvalue weighted by Crippen LogP contribution is 2.28. The van der Waals surface area contributed by atoms with Crippen molar-refractivity contribution in [2.75, 3.05) is 19.5 Å². The van der Waals surface area contributed by atoms with Gasteiger partial charge in [0.2, 0.25) is 0 Å². The van der Waals surface area contributed by atoms with Gasteiger partial charge in [0, 0.05) is 17.7 Å². The third-order valence-corrected chi connectivity index (χ3v) is 3.52. The Labute approximate surface area is 153 Å². The Bertz CT molecular complexity index is 871. The van der Waals surface area contributed by atoms with Crippen molar-refractivity contribution in [3.63, 3.8) is 0 Å². The van der Waals surface area contributed by atoms with E-state index in [1.165, 1.54) is 38.5 Å². The minimum absolute atomic E-state index is 0.0246. The van der Waals surface area contributed by atoms with E-state index in [2.05, 4.69) is 10.6 Å². The number of aromatic hydroxyl groups is 1. The Morgan fingerprint density at radius 2 is 1.92 bits per heavy atom. The Morgan fingerprint density at radius 1 is 1.19 bits per heavy atom. The van der Waals surface area contributed by atoms with Crippen LogP contribution in [-0.2, 0) is 0 Å². The second-order valence-corrected chi connectivity index (χ2v) is 5.34. The zero-order valence-electron chi connectivity index (χ0n) is 13.8. The number of carbonyl (C=O) groups is 1. The smallest absolute Gasteiger partial charge is 0.311 e. The molecule has 2 rings (SSSR count). The van der Waals surface area contributed by atoms with Crippen LogP contribution in [-0.4, -0.2) is 35.3 Å².